The van der Waals surface area contributed by atoms with Crippen LogP contribution in [-0.2, 0) is 0 Å². The number of anilines is 1. The van der Waals surface area contributed by atoms with Crippen molar-refractivity contribution in [1.29, 1.82) is 0 Å². The van der Waals surface area contributed by atoms with E-state index in [2.05, 4.69) is 15.5 Å². The Morgan fingerprint density at radius 2 is 1.91 bits per heavy atom. The third kappa shape index (κ3) is 3.40. The van der Waals surface area contributed by atoms with Gasteiger partial charge in [-0.2, -0.15) is 0 Å². The van der Waals surface area contributed by atoms with Gasteiger partial charge < -0.3 is 9.73 Å². The topological polar surface area (TPSA) is 68.0 Å². The van der Waals surface area contributed by atoms with Gasteiger partial charge in [0.2, 0.25) is 5.89 Å². The number of nitrogens with zero attached hydrogens (tertiary/aromatic N) is 2. The molecule has 1 amide bonds. The molecule has 5 nitrogen and oxygen atoms in total. The Hall–Kier alpha value is -2.66. The Labute approximate surface area is 138 Å². The quantitative estimate of drug-likeness (QED) is 0.780. The van der Waals surface area contributed by atoms with Gasteiger partial charge in [0.15, 0.2) is 0 Å². The lowest BCUT2D eigenvalue weighted by atomic mass is 10.1. The molecule has 0 fully saturated rings. The molecule has 0 aliphatic heterocycles. The predicted molar refractivity (Wildman–Crippen MR) is 88.6 cm³/mol. The highest BCUT2D eigenvalue weighted by Gasteiger charge is 2.16. The number of nitrogens with one attached hydrogen (secondary N) is 1. The molecule has 1 aromatic heterocycles. The van der Waals surface area contributed by atoms with Crippen LogP contribution in [0.2, 0.25) is 5.02 Å². The number of aryl methyl sites for hydroxylation is 2. The van der Waals surface area contributed by atoms with Crippen molar-refractivity contribution in [3.05, 3.63) is 64.5 Å². The Morgan fingerprint density at radius 1 is 1.09 bits per heavy atom. The summed E-state index contributed by atoms with van der Waals surface area (Å²) in [5, 5.41) is 11.0. The Balaban J connectivity index is 1.79. The fraction of sp³-hybridized carbons (Fsp3) is 0.118. The average Bonchev–Trinajstić information content (AvgIpc) is 3.01. The molecule has 23 heavy (non-hydrogen) atoms. The fourth-order valence-electron chi connectivity index (χ4n) is 2.06. The second-order valence-electron chi connectivity index (χ2n) is 5.18. The van der Waals surface area contributed by atoms with Crippen LogP contribution in [0.5, 0.6) is 0 Å². The summed E-state index contributed by atoms with van der Waals surface area (Å²) >= 11 is 5.93. The molecule has 3 rings (SSSR count). The molecule has 6 heteroatoms. The van der Waals surface area contributed by atoms with E-state index in [4.69, 9.17) is 16.0 Å². The molecule has 0 bridgehead atoms. The molecule has 0 spiro atoms. The third-order valence-electron chi connectivity index (χ3n) is 3.46. The molecule has 0 radical (unpaired) electrons. The Morgan fingerprint density at radius 3 is 2.65 bits per heavy atom. The summed E-state index contributed by atoms with van der Waals surface area (Å²) in [7, 11) is 0. The van der Waals surface area contributed by atoms with Gasteiger partial charge in [0, 0.05) is 16.3 Å². The van der Waals surface area contributed by atoms with Gasteiger partial charge in [0.25, 0.3) is 0 Å². The van der Waals surface area contributed by atoms with Crippen LogP contribution < -0.4 is 5.32 Å². The number of hydrogen-bond donors (Lipinski definition) is 1. The van der Waals surface area contributed by atoms with Crippen molar-refractivity contribution in [3.63, 3.8) is 0 Å². The van der Waals surface area contributed by atoms with Crippen molar-refractivity contribution in [2.75, 3.05) is 5.32 Å². The van der Waals surface area contributed by atoms with Gasteiger partial charge in [-0.05, 0) is 55.3 Å². The first kappa shape index (κ1) is 15.2. The summed E-state index contributed by atoms with van der Waals surface area (Å²) in [6.07, 6.45) is 0. The van der Waals surface area contributed by atoms with Gasteiger partial charge in [0.1, 0.15) is 0 Å². The van der Waals surface area contributed by atoms with Crippen LogP contribution in [0.25, 0.3) is 11.5 Å². The average molecular weight is 328 g/mol. The molecular weight excluding hydrogens is 314 g/mol. The van der Waals surface area contributed by atoms with Gasteiger partial charge in [-0.15, -0.1) is 10.2 Å². The van der Waals surface area contributed by atoms with E-state index in [0.29, 0.717) is 16.3 Å². The number of benzene rings is 2. The van der Waals surface area contributed by atoms with Crippen LogP contribution in [-0.4, -0.2) is 16.1 Å². The maximum absolute atomic E-state index is 12.2. The van der Waals surface area contributed by atoms with Gasteiger partial charge in [-0.3, -0.25) is 4.79 Å². The summed E-state index contributed by atoms with van der Waals surface area (Å²) in [5.74, 6) is -0.301. The highest BCUT2D eigenvalue weighted by atomic mass is 35.5. The molecule has 0 saturated heterocycles. The van der Waals surface area contributed by atoms with E-state index in [9.17, 15) is 4.79 Å². The zero-order chi connectivity index (χ0) is 16.4. The Bertz CT molecular complexity index is 874. The molecule has 0 unspecified atom stereocenters. The molecule has 0 atom stereocenters. The molecule has 1 heterocycles. The molecule has 0 saturated carbocycles. The lowest BCUT2D eigenvalue weighted by Gasteiger charge is -2.05. The number of rotatable bonds is 3. The molecule has 3 aromatic rings. The molecular formula is C17H14ClN3O2. The molecule has 2 aromatic carbocycles. The van der Waals surface area contributed by atoms with Crippen LogP contribution in [0, 0.1) is 13.8 Å². The Kier molecular flexibility index (Phi) is 4.12. The molecule has 1 N–H and O–H groups in total. The molecule has 116 valence electrons. The van der Waals surface area contributed by atoms with Crippen LogP contribution >= 0.6 is 11.6 Å². The summed E-state index contributed by atoms with van der Waals surface area (Å²) in [5.41, 5.74) is 3.59. The van der Waals surface area contributed by atoms with E-state index in [1.54, 1.807) is 24.3 Å². The second-order valence-corrected chi connectivity index (χ2v) is 5.61. The number of aromatic nitrogens is 2. The van der Waals surface area contributed by atoms with Gasteiger partial charge in [-0.1, -0.05) is 23.7 Å². The van der Waals surface area contributed by atoms with Crippen LogP contribution in [0.3, 0.4) is 0 Å². The zero-order valence-electron chi connectivity index (χ0n) is 12.6. The summed E-state index contributed by atoms with van der Waals surface area (Å²) in [6.45, 7) is 3.99. The normalized spacial score (nSPS) is 10.6. The van der Waals surface area contributed by atoms with Gasteiger partial charge in [0.05, 0.1) is 0 Å². The van der Waals surface area contributed by atoms with Gasteiger partial charge in [-0.25, -0.2) is 0 Å². The molecule has 0 aliphatic carbocycles. The van der Waals surface area contributed by atoms with Crippen molar-refractivity contribution in [3.8, 4) is 11.5 Å². The number of carbonyl (C=O) groups is 1. The van der Waals surface area contributed by atoms with Crippen molar-refractivity contribution in [2.24, 2.45) is 0 Å². The first-order valence-corrected chi connectivity index (χ1v) is 7.39. The first-order chi connectivity index (χ1) is 11.0. The maximum atomic E-state index is 12.2. The van der Waals surface area contributed by atoms with E-state index in [1.165, 1.54) is 0 Å². The zero-order valence-corrected chi connectivity index (χ0v) is 13.4. The highest BCUT2D eigenvalue weighted by Crippen LogP contribution is 2.22. The highest BCUT2D eigenvalue weighted by molar-refractivity contribution is 6.30. The summed E-state index contributed by atoms with van der Waals surface area (Å²) in [4.78, 5) is 12.2. The fourth-order valence-corrected chi connectivity index (χ4v) is 2.25. The third-order valence-corrected chi connectivity index (χ3v) is 3.69. The summed E-state index contributed by atoms with van der Waals surface area (Å²) in [6, 6.07) is 12.7. The lowest BCUT2D eigenvalue weighted by Crippen LogP contribution is -2.12. The minimum absolute atomic E-state index is 0.0989. The smallest absolute Gasteiger partial charge is 0.313 e. The molecule has 0 aliphatic rings. The number of carbonyl (C=O) groups excluding carboxylic acids is 1. The van der Waals surface area contributed by atoms with E-state index >= 15 is 0 Å². The number of hydrogen-bond acceptors (Lipinski definition) is 4. The van der Waals surface area contributed by atoms with E-state index in [-0.39, 0.29) is 11.8 Å². The van der Waals surface area contributed by atoms with Crippen molar-refractivity contribution in [1.82, 2.24) is 10.2 Å². The van der Waals surface area contributed by atoms with Crippen molar-refractivity contribution in [2.45, 2.75) is 13.8 Å². The van der Waals surface area contributed by atoms with Crippen LogP contribution in [0.1, 0.15) is 21.8 Å². The van der Waals surface area contributed by atoms with E-state index in [0.717, 1.165) is 11.1 Å². The van der Waals surface area contributed by atoms with Crippen LogP contribution in [0.4, 0.5) is 5.69 Å². The van der Waals surface area contributed by atoms with Crippen molar-refractivity contribution >= 4 is 23.2 Å². The maximum Gasteiger partial charge on any atom is 0.313 e. The monoisotopic (exact) mass is 327 g/mol. The second kappa shape index (κ2) is 6.22. The predicted octanol–water partition coefficient (Wildman–Crippen LogP) is 4.26. The van der Waals surface area contributed by atoms with E-state index < -0.39 is 5.91 Å². The lowest BCUT2D eigenvalue weighted by molar-refractivity contribution is 0.0991. The van der Waals surface area contributed by atoms with E-state index in [1.807, 2.05) is 32.0 Å². The van der Waals surface area contributed by atoms with Gasteiger partial charge >= 0.3 is 11.8 Å². The minimum atomic E-state index is -0.450. The minimum Gasteiger partial charge on any atom is -0.412 e. The SMILES string of the molecule is Cc1ccc(NC(=O)c2nnc(-c3cccc(Cl)c3)o2)cc1C. The first-order valence-electron chi connectivity index (χ1n) is 7.01. The standard InChI is InChI=1S/C17H14ClN3O2/c1-10-6-7-14(8-11(10)2)19-15(22)17-21-20-16(23-17)12-4-3-5-13(18)9-12/h3-9H,1-2H3,(H,19,22). The largest absolute Gasteiger partial charge is 0.412 e. The summed E-state index contributed by atoms with van der Waals surface area (Å²) < 4.78 is 5.42. The number of amides is 1. The number of halogens is 1. The van der Waals surface area contributed by atoms with Crippen molar-refractivity contribution < 1.29 is 9.21 Å². The van der Waals surface area contributed by atoms with Crippen LogP contribution in [0.15, 0.2) is 46.9 Å².